The number of aryl methyl sites for hydroxylation is 1. The monoisotopic (exact) mass is 322 g/mol. The minimum absolute atomic E-state index is 0.0801. The van der Waals surface area contributed by atoms with Gasteiger partial charge in [0.15, 0.2) is 0 Å². The molecule has 0 aliphatic carbocycles. The summed E-state index contributed by atoms with van der Waals surface area (Å²) in [4.78, 5) is 12.5. The van der Waals surface area contributed by atoms with Crippen molar-refractivity contribution >= 4 is 16.7 Å². The van der Waals surface area contributed by atoms with E-state index in [4.69, 9.17) is 9.47 Å². The van der Waals surface area contributed by atoms with Crippen molar-refractivity contribution in [1.82, 2.24) is 0 Å². The average Bonchev–Trinajstić information content (AvgIpc) is 2.62. The molecular weight excluding hydrogens is 304 g/mol. The molecule has 24 heavy (non-hydrogen) atoms. The number of ether oxygens (including phenoxy) is 2. The van der Waals surface area contributed by atoms with Crippen LogP contribution in [0.3, 0.4) is 0 Å². The van der Waals surface area contributed by atoms with Crippen LogP contribution in [0, 0.1) is 0 Å². The zero-order chi connectivity index (χ0) is 17.1. The summed E-state index contributed by atoms with van der Waals surface area (Å²) in [6, 6.07) is 15.9. The summed E-state index contributed by atoms with van der Waals surface area (Å²) in [5.41, 5.74) is 1.12. The van der Waals surface area contributed by atoms with E-state index in [-0.39, 0.29) is 11.3 Å². The first kappa shape index (κ1) is 15.9. The molecule has 0 amide bonds. The standard InChI is InChI=1S/C20H18O4/c1-3-13-8-7-11-15-18(13)17(23-2)12-16(19(15)21)20(22)24-14-9-5-4-6-10-14/h4-12,21H,3H2,1-2H3. The van der Waals surface area contributed by atoms with E-state index < -0.39 is 5.97 Å². The molecule has 0 atom stereocenters. The van der Waals surface area contributed by atoms with Crippen LogP contribution >= 0.6 is 0 Å². The third-order valence-corrected chi connectivity index (χ3v) is 3.96. The van der Waals surface area contributed by atoms with E-state index in [0.717, 1.165) is 17.4 Å². The Morgan fingerprint density at radius 1 is 1.08 bits per heavy atom. The summed E-state index contributed by atoms with van der Waals surface area (Å²) in [5.74, 6) is 0.242. The molecule has 0 unspecified atom stereocenters. The van der Waals surface area contributed by atoms with Crippen molar-refractivity contribution in [3.63, 3.8) is 0 Å². The first-order chi connectivity index (χ1) is 11.7. The zero-order valence-electron chi connectivity index (χ0n) is 13.6. The molecule has 3 aromatic carbocycles. The molecule has 3 rings (SSSR count). The van der Waals surface area contributed by atoms with Gasteiger partial charge in [-0.2, -0.15) is 0 Å². The number of fused-ring (bicyclic) bond motifs is 1. The number of aromatic hydroxyl groups is 1. The lowest BCUT2D eigenvalue weighted by Gasteiger charge is -2.14. The maximum Gasteiger partial charge on any atom is 0.347 e. The van der Waals surface area contributed by atoms with E-state index in [9.17, 15) is 9.90 Å². The van der Waals surface area contributed by atoms with Crippen molar-refractivity contribution in [1.29, 1.82) is 0 Å². The van der Waals surface area contributed by atoms with Crippen molar-refractivity contribution in [2.75, 3.05) is 7.11 Å². The third kappa shape index (κ3) is 2.78. The number of rotatable bonds is 4. The number of carbonyl (C=O) groups excluding carboxylic acids is 1. The number of hydrogen-bond acceptors (Lipinski definition) is 4. The lowest BCUT2D eigenvalue weighted by atomic mass is 9.98. The van der Waals surface area contributed by atoms with Gasteiger partial charge in [-0.05, 0) is 30.2 Å². The molecule has 0 aliphatic rings. The number of para-hydroxylation sites is 1. The van der Waals surface area contributed by atoms with Crippen LogP contribution in [0.2, 0.25) is 0 Å². The Bertz CT molecular complexity index is 885. The van der Waals surface area contributed by atoms with Crippen LogP contribution in [0.15, 0.2) is 54.6 Å². The van der Waals surface area contributed by atoms with Crippen molar-refractivity contribution in [3.05, 3.63) is 65.7 Å². The maximum absolute atomic E-state index is 12.5. The number of esters is 1. The van der Waals surface area contributed by atoms with Gasteiger partial charge in [0.05, 0.1) is 7.11 Å². The normalized spacial score (nSPS) is 10.6. The molecule has 1 N–H and O–H groups in total. The van der Waals surface area contributed by atoms with Crippen LogP contribution in [0.25, 0.3) is 10.8 Å². The Morgan fingerprint density at radius 2 is 1.83 bits per heavy atom. The smallest absolute Gasteiger partial charge is 0.347 e. The number of methoxy groups -OCH3 is 1. The van der Waals surface area contributed by atoms with Gasteiger partial charge in [0, 0.05) is 10.8 Å². The first-order valence-corrected chi connectivity index (χ1v) is 7.74. The fourth-order valence-corrected chi connectivity index (χ4v) is 2.77. The number of benzene rings is 3. The van der Waals surface area contributed by atoms with Gasteiger partial charge in [0.25, 0.3) is 0 Å². The van der Waals surface area contributed by atoms with Gasteiger partial charge < -0.3 is 14.6 Å². The van der Waals surface area contributed by atoms with E-state index in [0.29, 0.717) is 16.9 Å². The molecule has 4 nitrogen and oxygen atoms in total. The summed E-state index contributed by atoms with van der Waals surface area (Å²) in [6.45, 7) is 2.03. The van der Waals surface area contributed by atoms with E-state index >= 15 is 0 Å². The maximum atomic E-state index is 12.5. The lowest BCUT2D eigenvalue weighted by Crippen LogP contribution is -2.09. The summed E-state index contributed by atoms with van der Waals surface area (Å²) in [5, 5.41) is 12.0. The highest BCUT2D eigenvalue weighted by Gasteiger charge is 2.20. The van der Waals surface area contributed by atoms with Crippen LogP contribution in [0.5, 0.6) is 17.2 Å². The highest BCUT2D eigenvalue weighted by atomic mass is 16.5. The van der Waals surface area contributed by atoms with Crippen LogP contribution in [-0.4, -0.2) is 18.2 Å². The number of phenolic OH excluding ortho intramolecular Hbond substituents is 1. The molecule has 3 aromatic rings. The Balaban J connectivity index is 2.12. The highest BCUT2D eigenvalue weighted by molar-refractivity contribution is 6.05. The van der Waals surface area contributed by atoms with Crippen LogP contribution < -0.4 is 9.47 Å². The van der Waals surface area contributed by atoms with Gasteiger partial charge in [0.1, 0.15) is 22.8 Å². The SMILES string of the molecule is CCc1cccc2c(O)c(C(=O)Oc3ccccc3)cc(OC)c12. The Labute approximate surface area is 140 Å². The van der Waals surface area contributed by atoms with Crippen molar-refractivity contribution < 1.29 is 19.4 Å². The van der Waals surface area contributed by atoms with Gasteiger partial charge in [0.2, 0.25) is 0 Å². The predicted molar refractivity (Wildman–Crippen MR) is 92.9 cm³/mol. The summed E-state index contributed by atoms with van der Waals surface area (Å²) >= 11 is 0. The minimum Gasteiger partial charge on any atom is -0.506 e. The van der Waals surface area contributed by atoms with Crippen LogP contribution in [0.4, 0.5) is 0 Å². The lowest BCUT2D eigenvalue weighted by molar-refractivity contribution is 0.0731. The summed E-state index contributed by atoms with van der Waals surface area (Å²) in [6.07, 6.45) is 0.793. The van der Waals surface area contributed by atoms with Gasteiger partial charge in [-0.25, -0.2) is 4.79 Å². The molecule has 0 fully saturated rings. The van der Waals surface area contributed by atoms with Crippen molar-refractivity contribution in [2.24, 2.45) is 0 Å². The summed E-state index contributed by atoms with van der Waals surface area (Å²) < 4.78 is 10.8. The Hall–Kier alpha value is -3.01. The largest absolute Gasteiger partial charge is 0.506 e. The molecule has 0 spiro atoms. The molecule has 0 saturated carbocycles. The predicted octanol–water partition coefficient (Wildman–Crippen LogP) is 4.34. The molecule has 0 aromatic heterocycles. The second-order valence-corrected chi connectivity index (χ2v) is 5.37. The first-order valence-electron chi connectivity index (χ1n) is 7.74. The topological polar surface area (TPSA) is 55.8 Å². The van der Waals surface area contributed by atoms with E-state index in [1.54, 1.807) is 37.4 Å². The van der Waals surface area contributed by atoms with Gasteiger partial charge in [-0.3, -0.25) is 0 Å². The Kier molecular flexibility index (Phi) is 4.38. The molecule has 0 radical (unpaired) electrons. The molecule has 0 heterocycles. The van der Waals surface area contributed by atoms with Crippen LogP contribution in [0.1, 0.15) is 22.8 Å². The molecule has 122 valence electrons. The number of hydrogen-bond donors (Lipinski definition) is 1. The fourth-order valence-electron chi connectivity index (χ4n) is 2.77. The quantitative estimate of drug-likeness (QED) is 0.573. The second kappa shape index (κ2) is 6.62. The third-order valence-electron chi connectivity index (χ3n) is 3.96. The Morgan fingerprint density at radius 3 is 2.50 bits per heavy atom. The number of phenols is 1. The van der Waals surface area contributed by atoms with Crippen molar-refractivity contribution in [3.8, 4) is 17.2 Å². The fraction of sp³-hybridized carbons (Fsp3) is 0.150. The summed E-state index contributed by atoms with van der Waals surface area (Å²) in [7, 11) is 1.55. The average molecular weight is 322 g/mol. The van der Waals surface area contributed by atoms with Crippen LogP contribution in [-0.2, 0) is 6.42 Å². The van der Waals surface area contributed by atoms with E-state index in [1.165, 1.54) is 6.07 Å². The van der Waals surface area contributed by atoms with Crippen molar-refractivity contribution in [2.45, 2.75) is 13.3 Å². The van der Waals surface area contributed by atoms with Gasteiger partial charge in [-0.15, -0.1) is 0 Å². The molecule has 0 saturated heterocycles. The molecule has 0 bridgehead atoms. The molecular formula is C20H18O4. The second-order valence-electron chi connectivity index (χ2n) is 5.37. The van der Waals surface area contributed by atoms with E-state index in [1.807, 2.05) is 25.1 Å². The molecule has 0 aliphatic heterocycles. The van der Waals surface area contributed by atoms with Gasteiger partial charge in [-0.1, -0.05) is 43.3 Å². The molecule has 4 heteroatoms. The zero-order valence-corrected chi connectivity index (χ0v) is 13.6. The number of carbonyl (C=O) groups is 1. The van der Waals surface area contributed by atoms with Gasteiger partial charge >= 0.3 is 5.97 Å². The highest BCUT2D eigenvalue weighted by Crippen LogP contribution is 2.38. The minimum atomic E-state index is -0.624. The van der Waals surface area contributed by atoms with E-state index in [2.05, 4.69) is 0 Å².